The number of carbonyl (C=O) groups is 2. The summed E-state index contributed by atoms with van der Waals surface area (Å²) >= 11 is 5.82. The normalized spacial score (nSPS) is 9.95. The van der Waals surface area contributed by atoms with Gasteiger partial charge in [-0.1, -0.05) is 29.8 Å². The van der Waals surface area contributed by atoms with E-state index in [4.69, 9.17) is 11.6 Å². The van der Waals surface area contributed by atoms with Crippen LogP contribution in [0.4, 0.5) is 0 Å². The van der Waals surface area contributed by atoms with Crippen LogP contribution in [0.15, 0.2) is 48.7 Å². The van der Waals surface area contributed by atoms with Crippen molar-refractivity contribution in [2.45, 2.75) is 0 Å². The largest absolute Gasteiger partial charge is 0.350 e. The first kappa shape index (κ1) is 15.0. The summed E-state index contributed by atoms with van der Waals surface area (Å²) in [6.45, 7) is 0.639. The van der Waals surface area contributed by atoms with E-state index < -0.39 is 0 Å². The zero-order chi connectivity index (χ0) is 15.1. The summed E-state index contributed by atoms with van der Waals surface area (Å²) in [7, 11) is 0. The monoisotopic (exact) mass is 303 g/mol. The second-order valence-electron chi connectivity index (χ2n) is 4.22. The van der Waals surface area contributed by atoms with Gasteiger partial charge in [0.15, 0.2) is 0 Å². The van der Waals surface area contributed by atoms with E-state index >= 15 is 0 Å². The number of pyridine rings is 1. The van der Waals surface area contributed by atoms with Gasteiger partial charge in [0.05, 0.1) is 5.56 Å². The SMILES string of the molecule is O=C(NCCNC(=O)c1cccnc1Cl)c1ccccc1. The molecule has 2 rings (SSSR count). The van der Waals surface area contributed by atoms with Crippen molar-refractivity contribution in [3.63, 3.8) is 0 Å². The molecule has 1 aromatic heterocycles. The third-order valence-electron chi connectivity index (χ3n) is 2.74. The zero-order valence-corrected chi connectivity index (χ0v) is 11.9. The Hall–Kier alpha value is -2.40. The summed E-state index contributed by atoms with van der Waals surface area (Å²) in [4.78, 5) is 27.4. The third-order valence-corrected chi connectivity index (χ3v) is 3.04. The second-order valence-corrected chi connectivity index (χ2v) is 4.58. The average molecular weight is 304 g/mol. The van der Waals surface area contributed by atoms with Gasteiger partial charge in [-0.25, -0.2) is 4.98 Å². The van der Waals surface area contributed by atoms with E-state index in [1.54, 1.807) is 36.4 Å². The lowest BCUT2D eigenvalue weighted by Gasteiger charge is -2.07. The molecule has 108 valence electrons. The van der Waals surface area contributed by atoms with Crippen LogP contribution in [0.5, 0.6) is 0 Å². The minimum atomic E-state index is -0.318. The molecule has 5 nitrogen and oxygen atoms in total. The first-order valence-electron chi connectivity index (χ1n) is 6.40. The van der Waals surface area contributed by atoms with Crippen LogP contribution in [-0.4, -0.2) is 29.9 Å². The molecule has 0 fully saturated rings. The predicted octanol–water partition coefficient (Wildman–Crippen LogP) is 1.89. The Morgan fingerprint density at radius 2 is 1.62 bits per heavy atom. The molecular formula is C15H14ClN3O2. The fourth-order valence-corrected chi connectivity index (χ4v) is 1.90. The van der Waals surface area contributed by atoms with Gasteiger partial charge in [0.1, 0.15) is 5.15 Å². The number of benzene rings is 1. The van der Waals surface area contributed by atoms with Gasteiger partial charge in [-0.15, -0.1) is 0 Å². The van der Waals surface area contributed by atoms with Crippen LogP contribution >= 0.6 is 11.6 Å². The van der Waals surface area contributed by atoms with Crippen LogP contribution in [0.25, 0.3) is 0 Å². The number of nitrogens with zero attached hydrogens (tertiary/aromatic N) is 1. The molecular weight excluding hydrogens is 290 g/mol. The van der Waals surface area contributed by atoms with Crippen LogP contribution in [0.2, 0.25) is 5.15 Å². The number of nitrogens with one attached hydrogen (secondary N) is 2. The Morgan fingerprint density at radius 1 is 0.952 bits per heavy atom. The number of carbonyl (C=O) groups excluding carboxylic acids is 2. The summed E-state index contributed by atoms with van der Waals surface area (Å²) in [5.41, 5.74) is 0.896. The molecule has 21 heavy (non-hydrogen) atoms. The van der Waals surface area contributed by atoms with E-state index in [0.29, 0.717) is 24.2 Å². The van der Waals surface area contributed by atoms with Crippen molar-refractivity contribution < 1.29 is 9.59 Å². The molecule has 0 bridgehead atoms. The molecule has 0 aliphatic rings. The van der Waals surface area contributed by atoms with Crippen molar-refractivity contribution in [2.75, 3.05) is 13.1 Å². The minimum Gasteiger partial charge on any atom is -0.350 e. The van der Waals surface area contributed by atoms with E-state index in [1.165, 1.54) is 6.20 Å². The van der Waals surface area contributed by atoms with Crippen molar-refractivity contribution in [1.29, 1.82) is 0 Å². The van der Waals surface area contributed by atoms with Crippen LogP contribution in [0, 0.1) is 0 Å². The molecule has 0 atom stereocenters. The van der Waals surface area contributed by atoms with Gasteiger partial charge >= 0.3 is 0 Å². The molecule has 2 aromatic rings. The molecule has 0 radical (unpaired) electrons. The molecule has 1 heterocycles. The van der Waals surface area contributed by atoms with Gasteiger partial charge < -0.3 is 10.6 Å². The highest BCUT2D eigenvalue weighted by molar-refractivity contribution is 6.32. The van der Waals surface area contributed by atoms with Gasteiger partial charge in [-0.3, -0.25) is 9.59 Å². The summed E-state index contributed by atoms with van der Waals surface area (Å²) in [5, 5.41) is 5.54. The fourth-order valence-electron chi connectivity index (χ4n) is 1.69. The molecule has 0 saturated carbocycles. The summed E-state index contributed by atoms with van der Waals surface area (Å²) in [5.74, 6) is -0.494. The highest BCUT2D eigenvalue weighted by Gasteiger charge is 2.10. The third kappa shape index (κ3) is 4.29. The number of rotatable bonds is 5. The van der Waals surface area contributed by atoms with Gasteiger partial charge in [-0.2, -0.15) is 0 Å². The first-order chi connectivity index (χ1) is 10.2. The van der Waals surface area contributed by atoms with Crippen molar-refractivity contribution >= 4 is 23.4 Å². The topological polar surface area (TPSA) is 71.1 Å². The van der Waals surface area contributed by atoms with Gasteiger partial charge in [-0.05, 0) is 24.3 Å². The van der Waals surface area contributed by atoms with Crippen LogP contribution in [0.1, 0.15) is 20.7 Å². The molecule has 6 heteroatoms. The van der Waals surface area contributed by atoms with Crippen LogP contribution in [0.3, 0.4) is 0 Å². The maximum absolute atomic E-state index is 11.8. The maximum Gasteiger partial charge on any atom is 0.254 e. The molecule has 0 spiro atoms. The van der Waals surface area contributed by atoms with Crippen molar-refractivity contribution in [3.05, 3.63) is 64.9 Å². The molecule has 1 aromatic carbocycles. The molecule has 0 aliphatic carbocycles. The minimum absolute atomic E-state index is 0.156. The molecule has 0 aliphatic heterocycles. The second kappa shape index (κ2) is 7.40. The van der Waals surface area contributed by atoms with Gasteiger partial charge in [0.25, 0.3) is 11.8 Å². The highest BCUT2D eigenvalue weighted by atomic mass is 35.5. The number of aromatic nitrogens is 1. The Balaban J connectivity index is 1.76. The number of hydrogen-bond acceptors (Lipinski definition) is 3. The number of amides is 2. The van der Waals surface area contributed by atoms with E-state index in [1.807, 2.05) is 6.07 Å². The number of halogens is 1. The quantitative estimate of drug-likeness (QED) is 0.654. The summed E-state index contributed by atoms with van der Waals surface area (Å²) in [6, 6.07) is 12.1. The Labute approximate surface area is 127 Å². The molecule has 0 saturated heterocycles. The predicted molar refractivity (Wildman–Crippen MR) is 80.4 cm³/mol. The summed E-state index contributed by atoms with van der Waals surface area (Å²) < 4.78 is 0. The van der Waals surface area contributed by atoms with Crippen LogP contribution in [-0.2, 0) is 0 Å². The van der Waals surface area contributed by atoms with Gasteiger partial charge in [0, 0.05) is 24.8 Å². The lowest BCUT2D eigenvalue weighted by atomic mass is 10.2. The van der Waals surface area contributed by atoms with Crippen molar-refractivity contribution in [2.24, 2.45) is 0 Å². The van der Waals surface area contributed by atoms with E-state index in [-0.39, 0.29) is 17.0 Å². The number of hydrogen-bond donors (Lipinski definition) is 2. The Kier molecular flexibility index (Phi) is 5.29. The molecule has 2 N–H and O–H groups in total. The van der Waals surface area contributed by atoms with E-state index in [2.05, 4.69) is 15.6 Å². The van der Waals surface area contributed by atoms with Crippen LogP contribution < -0.4 is 10.6 Å². The molecule has 2 amide bonds. The summed E-state index contributed by atoms with van der Waals surface area (Å²) in [6.07, 6.45) is 1.51. The Bertz CT molecular complexity index is 632. The molecule has 0 unspecified atom stereocenters. The zero-order valence-electron chi connectivity index (χ0n) is 11.2. The first-order valence-corrected chi connectivity index (χ1v) is 6.78. The maximum atomic E-state index is 11.8. The highest BCUT2D eigenvalue weighted by Crippen LogP contribution is 2.10. The average Bonchev–Trinajstić information content (AvgIpc) is 2.52. The standard InChI is InChI=1S/C15H14ClN3O2/c16-13-12(7-4-8-17-13)15(21)19-10-9-18-14(20)11-5-2-1-3-6-11/h1-8H,9-10H2,(H,18,20)(H,19,21). The lowest BCUT2D eigenvalue weighted by molar-refractivity contribution is 0.0927. The lowest BCUT2D eigenvalue weighted by Crippen LogP contribution is -2.34. The Morgan fingerprint density at radius 3 is 2.29 bits per heavy atom. The smallest absolute Gasteiger partial charge is 0.254 e. The van der Waals surface area contributed by atoms with Crippen molar-refractivity contribution in [3.8, 4) is 0 Å². The van der Waals surface area contributed by atoms with E-state index in [0.717, 1.165) is 0 Å². The van der Waals surface area contributed by atoms with Gasteiger partial charge in [0.2, 0.25) is 0 Å². The fraction of sp³-hybridized carbons (Fsp3) is 0.133. The van der Waals surface area contributed by atoms with E-state index in [9.17, 15) is 9.59 Å². The van der Waals surface area contributed by atoms with Crippen molar-refractivity contribution in [1.82, 2.24) is 15.6 Å².